The van der Waals surface area contributed by atoms with Crippen LogP contribution in [0.1, 0.15) is 69.1 Å². The van der Waals surface area contributed by atoms with Gasteiger partial charge in [-0.3, -0.25) is 9.67 Å². The van der Waals surface area contributed by atoms with E-state index in [2.05, 4.69) is 42.5 Å². The van der Waals surface area contributed by atoms with E-state index >= 15 is 0 Å². The number of aromatic nitrogens is 4. The van der Waals surface area contributed by atoms with E-state index in [9.17, 15) is 0 Å². The predicted molar refractivity (Wildman–Crippen MR) is 85.0 cm³/mol. The summed E-state index contributed by atoms with van der Waals surface area (Å²) in [6, 6.07) is 0.294. The lowest BCUT2D eigenvalue weighted by molar-refractivity contribution is 0.597. The van der Waals surface area contributed by atoms with Gasteiger partial charge in [-0.25, -0.2) is 4.98 Å². The Balaban J connectivity index is 2.16. The second-order valence-corrected chi connectivity index (χ2v) is 7.43. The first-order valence-corrected chi connectivity index (χ1v) is 8.39. The Bertz CT molecular complexity index is 674. The van der Waals surface area contributed by atoms with Crippen LogP contribution in [0.2, 0.25) is 0 Å². The van der Waals surface area contributed by atoms with Gasteiger partial charge in [0.15, 0.2) is 10.6 Å². The molecule has 0 radical (unpaired) electrons. The maximum atomic E-state index is 5.36. The molecule has 0 spiro atoms. The van der Waals surface area contributed by atoms with E-state index in [4.69, 9.17) is 17.2 Å². The molecule has 1 aliphatic rings. The quantitative estimate of drug-likeness (QED) is 0.837. The Morgan fingerprint density at radius 1 is 1.30 bits per heavy atom. The van der Waals surface area contributed by atoms with Crippen molar-refractivity contribution in [2.75, 3.05) is 0 Å². The molecular formula is C14H20N4S2. The van der Waals surface area contributed by atoms with Crippen LogP contribution in [0.5, 0.6) is 0 Å². The summed E-state index contributed by atoms with van der Waals surface area (Å²) in [5.74, 6) is 2.03. The van der Waals surface area contributed by atoms with Crippen molar-refractivity contribution < 1.29 is 0 Å². The van der Waals surface area contributed by atoms with Crippen LogP contribution in [0.25, 0.3) is 10.7 Å². The maximum absolute atomic E-state index is 5.36. The van der Waals surface area contributed by atoms with Gasteiger partial charge in [-0.2, -0.15) is 5.10 Å². The van der Waals surface area contributed by atoms with Crippen LogP contribution < -0.4 is 0 Å². The molecule has 0 unspecified atom stereocenters. The number of nitrogens with one attached hydrogen (secondary N) is 1. The highest BCUT2D eigenvalue weighted by atomic mass is 32.1. The third-order valence-corrected chi connectivity index (χ3v) is 5.08. The Morgan fingerprint density at radius 2 is 2.00 bits per heavy atom. The van der Waals surface area contributed by atoms with Gasteiger partial charge in [-0.1, -0.05) is 13.8 Å². The summed E-state index contributed by atoms with van der Waals surface area (Å²) in [4.78, 5) is 6.06. The Morgan fingerprint density at radius 3 is 2.55 bits per heavy atom. The van der Waals surface area contributed by atoms with E-state index in [1.54, 1.807) is 11.3 Å². The van der Waals surface area contributed by atoms with E-state index in [-0.39, 0.29) is 0 Å². The number of hydrogen-bond acceptors (Lipinski definition) is 4. The smallest absolute Gasteiger partial charge is 0.195 e. The number of thiazole rings is 1. The third-order valence-electron chi connectivity index (χ3n) is 3.57. The highest BCUT2D eigenvalue weighted by Crippen LogP contribution is 2.45. The normalized spacial score (nSPS) is 15.5. The topological polar surface area (TPSA) is 46.5 Å². The van der Waals surface area contributed by atoms with Crippen LogP contribution in [0.3, 0.4) is 0 Å². The Labute approximate surface area is 128 Å². The lowest BCUT2D eigenvalue weighted by Gasteiger charge is -2.10. The average Bonchev–Trinajstić information content (AvgIpc) is 2.99. The second-order valence-electron chi connectivity index (χ2n) is 6.01. The molecule has 6 heteroatoms. The summed E-state index contributed by atoms with van der Waals surface area (Å²) in [5, 5.41) is 8.66. The summed E-state index contributed by atoms with van der Waals surface area (Å²) in [6.07, 6.45) is 2.56. The summed E-state index contributed by atoms with van der Waals surface area (Å²) in [7, 11) is 0. The van der Waals surface area contributed by atoms with Crippen molar-refractivity contribution in [1.82, 2.24) is 19.7 Å². The minimum atomic E-state index is 0.294. The first kappa shape index (κ1) is 13.9. The number of nitrogens with zero attached hydrogens (tertiary/aromatic N) is 3. The lowest BCUT2D eigenvalue weighted by atomic mass is 10.1. The van der Waals surface area contributed by atoms with Crippen LogP contribution in [-0.4, -0.2) is 19.7 Å². The van der Waals surface area contributed by atoms with Gasteiger partial charge in [-0.15, -0.1) is 11.3 Å². The standard InChI is InChI=1S/C14H20N4S2/c1-7(2)10-11(20-13(15-10)9-5-6-9)12-16-17-14(19)18(12)8(3)4/h7-9H,5-6H2,1-4H3,(H,17,19). The van der Waals surface area contributed by atoms with E-state index in [0.717, 1.165) is 11.5 Å². The van der Waals surface area contributed by atoms with Gasteiger partial charge in [-0.05, 0) is 44.8 Å². The molecule has 20 heavy (non-hydrogen) atoms. The van der Waals surface area contributed by atoms with Gasteiger partial charge < -0.3 is 0 Å². The zero-order chi connectivity index (χ0) is 14.4. The number of aromatic amines is 1. The highest BCUT2D eigenvalue weighted by Gasteiger charge is 2.30. The van der Waals surface area contributed by atoms with Crippen LogP contribution in [0, 0.1) is 4.77 Å². The average molecular weight is 308 g/mol. The summed E-state index contributed by atoms with van der Waals surface area (Å²) < 4.78 is 2.77. The van der Waals surface area contributed by atoms with Gasteiger partial charge in [0.1, 0.15) is 0 Å². The monoisotopic (exact) mass is 308 g/mol. The molecule has 1 aliphatic carbocycles. The molecule has 0 atom stereocenters. The molecule has 1 N–H and O–H groups in total. The van der Waals surface area contributed by atoms with Crippen molar-refractivity contribution in [3.63, 3.8) is 0 Å². The van der Waals surface area contributed by atoms with Gasteiger partial charge in [0.25, 0.3) is 0 Å². The molecule has 1 saturated carbocycles. The molecule has 0 amide bonds. The molecule has 0 aromatic carbocycles. The lowest BCUT2D eigenvalue weighted by Crippen LogP contribution is -2.04. The molecule has 2 aromatic heterocycles. The van der Waals surface area contributed by atoms with E-state index in [0.29, 0.717) is 22.6 Å². The van der Waals surface area contributed by atoms with Crippen molar-refractivity contribution in [1.29, 1.82) is 0 Å². The van der Waals surface area contributed by atoms with Gasteiger partial charge >= 0.3 is 0 Å². The Kier molecular flexibility index (Phi) is 3.54. The molecule has 4 nitrogen and oxygen atoms in total. The third kappa shape index (κ3) is 2.35. The molecule has 0 aliphatic heterocycles. The zero-order valence-electron chi connectivity index (χ0n) is 12.3. The fourth-order valence-corrected chi connectivity index (χ4v) is 4.07. The highest BCUT2D eigenvalue weighted by molar-refractivity contribution is 7.71. The fourth-order valence-electron chi connectivity index (χ4n) is 2.35. The van der Waals surface area contributed by atoms with E-state index in [1.807, 2.05) is 0 Å². The molecule has 2 heterocycles. The minimum Gasteiger partial charge on any atom is -0.297 e. The van der Waals surface area contributed by atoms with Crippen molar-refractivity contribution in [3.8, 4) is 10.7 Å². The largest absolute Gasteiger partial charge is 0.297 e. The first-order valence-electron chi connectivity index (χ1n) is 7.17. The Hall–Kier alpha value is -1.01. The molecule has 3 rings (SSSR count). The predicted octanol–water partition coefficient (Wildman–Crippen LogP) is 4.65. The van der Waals surface area contributed by atoms with E-state index in [1.165, 1.54) is 22.7 Å². The van der Waals surface area contributed by atoms with Crippen molar-refractivity contribution in [2.24, 2.45) is 0 Å². The fraction of sp³-hybridized carbons (Fsp3) is 0.643. The number of H-pyrrole nitrogens is 1. The molecule has 108 valence electrons. The zero-order valence-corrected chi connectivity index (χ0v) is 13.9. The SMILES string of the molecule is CC(C)c1nc(C2CC2)sc1-c1n[nH]c(=S)n1C(C)C. The number of hydrogen-bond donors (Lipinski definition) is 1. The van der Waals surface area contributed by atoms with Crippen LogP contribution in [0.15, 0.2) is 0 Å². The van der Waals surface area contributed by atoms with Crippen molar-refractivity contribution in [2.45, 2.75) is 58.4 Å². The van der Waals surface area contributed by atoms with Crippen molar-refractivity contribution >= 4 is 23.6 Å². The molecule has 1 fully saturated rings. The van der Waals surface area contributed by atoms with Crippen LogP contribution in [0.4, 0.5) is 0 Å². The molecular weight excluding hydrogens is 288 g/mol. The molecule has 0 saturated heterocycles. The molecule has 0 bridgehead atoms. The van der Waals surface area contributed by atoms with Crippen molar-refractivity contribution in [3.05, 3.63) is 15.5 Å². The van der Waals surface area contributed by atoms with Gasteiger partial charge in [0, 0.05) is 12.0 Å². The maximum Gasteiger partial charge on any atom is 0.195 e. The van der Waals surface area contributed by atoms with E-state index < -0.39 is 0 Å². The van der Waals surface area contributed by atoms with Gasteiger partial charge in [0.05, 0.1) is 15.6 Å². The van der Waals surface area contributed by atoms with Crippen LogP contribution >= 0.6 is 23.6 Å². The summed E-state index contributed by atoms with van der Waals surface area (Å²) in [5.41, 5.74) is 1.16. The van der Waals surface area contributed by atoms with Gasteiger partial charge in [0.2, 0.25) is 0 Å². The minimum absolute atomic E-state index is 0.294. The number of rotatable bonds is 4. The summed E-state index contributed by atoms with van der Waals surface area (Å²) >= 11 is 7.15. The first-order chi connectivity index (χ1) is 9.49. The second kappa shape index (κ2) is 5.07. The van der Waals surface area contributed by atoms with Crippen LogP contribution in [-0.2, 0) is 0 Å². The summed E-state index contributed by atoms with van der Waals surface area (Å²) in [6.45, 7) is 8.64. The molecule has 2 aromatic rings.